The zero-order valence-corrected chi connectivity index (χ0v) is 17.9. The largest absolute Gasteiger partial charge is 0.496 e. The van der Waals surface area contributed by atoms with Gasteiger partial charge in [-0.2, -0.15) is 0 Å². The highest BCUT2D eigenvalue weighted by molar-refractivity contribution is 5.88. The zero-order chi connectivity index (χ0) is 20.9. The molecule has 0 aromatic heterocycles. The summed E-state index contributed by atoms with van der Waals surface area (Å²) in [5.41, 5.74) is 5.45. The van der Waals surface area contributed by atoms with Gasteiger partial charge in [-0.1, -0.05) is 24.3 Å². The van der Waals surface area contributed by atoms with Crippen molar-refractivity contribution in [1.82, 2.24) is 0 Å². The third-order valence-corrected chi connectivity index (χ3v) is 7.81. The monoisotopic (exact) mass is 402 g/mol. The van der Waals surface area contributed by atoms with Crippen LogP contribution >= 0.6 is 0 Å². The third-order valence-electron chi connectivity index (χ3n) is 7.81. The lowest BCUT2D eigenvalue weighted by Crippen LogP contribution is -2.48. The fraction of sp³-hybridized carbons (Fsp3) is 0.444. The van der Waals surface area contributed by atoms with Gasteiger partial charge in [-0.05, 0) is 110 Å². The number of allylic oxidation sites excluding steroid dienone is 1. The van der Waals surface area contributed by atoms with Gasteiger partial charge in [0, 0.05) is 5.56 Å². The maximum absolute atomic E-state index is 11.1. The predicted octanol–water partition coefficient (Wildman–Crippen LogP) is 6.42. The number of ether oxygens (including phenoxy) is 1. The summed E-state index contributed by atoms with van der Waals surface area (Å²) in [7, 11) is 1.80. The van der Waals surface area contributed by atoms with Crippen molar-refractivity contribution in [2.45, 2.75) is 50.9 Å². The third kappa shape index (κ3) is 3.34. The summed E-state index contributed by atoms with van der Waals surface area (Å²) < 4.78 is 5.85. The highest BCUT2D eigenvalue weighted by Gasteiger charge is 2.52. The summed E-state index contributed by atoms with van der Waals surface area (Å²) in [5.74, 6) is 2.84. The lowest BCUT2D eigenvalue weighted by Gasteiger charge is -2.57. The molecule has 0 unspecified atom stereocenters. The van der Waals surface area contributed by atoms with Crippen LogP contribution in [0.5, 0.6) is 5.75 Å². The van der Waals surface area contributed by atoms with E-state index in [9.17, 15) is 4.79 Å². The summed E-state index contributed by atoms with van der Waals surface area (Å²) in [6.07, 6.45) is 10.4. The van der Waals surface area contributed by atoms with Crippen LogP contribution in [0.15, 0.2) is 42.5 Å². The zero-order valence-electron chi connectivity index (χ0n) is 17.9. The molecule has 30 heavy (non-hydrogen) atoms. The summed E-state index contributed by atoms with van der Waals surface area (Å²) in [6, 6.07) is 13.7. The van der Waals surface area contributed by atoms with Crippen molar-refractivity contribution < 1.29 is 14.6 Å². The number of aromatic carboxylic acids is 1. The molecule has 0 radical (unpaired) electrons. The van der Waals surface area contributed by atoms with E-state index in [1.165, 1.54) is 55.2 Å². The molecular weight excluding hydrogens is 372 g/mol. The van der Waals surface area contributed by atoms with Gasteiger partial charge in [0.1, 0.15) is 5.75 Å². The van der Waals surface area contributed by atoms with Gasteiger partial charge in [-0.15, -0.1) is 0 Å². The first-order chi connectivity index (χ1) is 14.5. The molecule has 4 aliphatic carbocycles. The van der Waals surface area contributed by atoms with Gasteiger partial charge in [-0.3, -0.25) is 0 Å². The lowest BCUT2D eigenvalue weighted by atomic mass is 9.48. The molecule has 3 nitrogen and oxygen atoms in total. The average Bonchev–Trinajstić information content (AvgIpc) is 2.72. The minimum atomic E-state index is -0.891. The van der Waals surface area contributed by atoms with Crippen LogP contribution in [0.3, 0.4) is 0 Å². The second-order valence-electron chi connectivity index (χ2n) is 9.87. The molecule has 4 saturated carbocycles. The fourth-order valence-corrected chi connectivity index (χ4v) is 6.86. The summed E-state index contributed by atoms with van der Waals surface area (Å²) in [4.78, 5) is 11.1. The van der Waals surface area contributed by atoms with Crippen LogP contribution in [-0.2, 0) is 5.41 Å². The molecule has 2 aromatic rings. The van der Waals surface area contributed by atoms with E-state index in [0.717, 1.165) is 29.1 Å². The summed E-state index contributed by atoms with van der Waals surface area (Å²) in [6.45, 7) is 2.14. The van der Waals surface area contributed by atoms with Crippen LogP contribution in [0.1, 0.15) is 72.5 Å². The molecule has 0 saturated heterocycles. The van der Waals surface area contributed by atoms with E-state index in [1.807, 2.05) is 12.1 Å². The second kappa shape index (κ2) is 7.30. The molecule has 4 aliphatic rings. The number of benzene rings is 2. The maximum atomic E-state index is 11.1. The topological polar surface area (TPSA) is 46.5 Å². The Hall–Kier alpha value is -2.55. The predicted molar refractivity (Wildman–Crippen MR) is 120 cm³/mol. The molecule has 0 amide bonds. The van der Waals surface area contributed by atoms with Crippen LogP contribution in [0.4, 0.5) is 0 Å². The molecule has 0 heterocycles. The van der Waals surface area contributed by atoms with Gasteiger partial charge in [0.15, 0.2) is 0 Å². The first-order valence-electron chi connectivity index (χ1n) is 11.2. The van der Waals surface area contributed by atoms with Gasteiger partial charge < -0.3 is 9.84 Å². The molecular formula is C27H30O3. The molecule has 3 heteroatoms. The average molecular weight is 403 g/mol. The van der Waals surface area contributed by atoms with E-state index >= 15 is 0 Å². The molecule has 0 aliphatic heterocycles. The Bertz CT molecular complexity index is 964. The first kappa shape index (κ1) is 19.4. The van der Waals surface area contributed by atoms with E-state index < -0.39 is 5.97 Å². The van der Waals surface area contributed by atoms with E-state index in [1.54, 1.807) is 19.2 Å². The second-order valence-corrected chi connectivity index (χ2v) is 9.87. The number of rotatable bonds is 5. The number of carboxylic acids is 1. The van der Waals surface area contributed by atoms with Gasteiger partial charge in [-0.25, -0.2) is 4.79 Å². The number of hydrogen-bond donors (Lipinski definition) is 1. The van der Waals surface area contributed by atoms with Crippen LogP contribution in [0.2, 0.25) is 0 Å². The van der Waals surface area contributed by atoms with Crippen LogP contribution in [0, 0.1) is 17.8 Å². The van der Waals surface area contributed by atoms with Crippen molar-refractivity contribution >= 4 is 17.6 Å². The Kier molecular flexibility index (Phi) is 4.72. The summed E-state index contributed by atoms with van der Waals surface area (Å²) >= 11 is 0. The SMILES string of the molecule is COc1ccc(C(C)=Cc2ccc(C(=O)O)cc2)cc1C12CC3CC(CC(C3)C1)C2. The molecule has 1 N–H and O–H groups in total. The number of hydrogen-bond acceptors (Lipinski definition) is 2. The van der Waals surface area contributed by atoms with Crippen molar-refractivity contribution in [1.29, 1.82) is 0 Å². The first-order valence-corrected chi connectivity index (χ1v) is 11.2. The minimum absolute atomic E-state index is 0.291. The Morgan fingerprint density at radius 2 is 1.53 bits per heavy atom. The number of methoxy groups -OCH3 is 1. The summed E-state index contributed by atoms with van der Waals surface area (Å²) in [5, 5.41) is 9.10. The minimum Gasteiger partial charge on any atom is -0.496 e. The Morgan fingerprint density at radius 3 is 2.07 bits per heavy atom. The molecule has 4 bridgehead atoms. The molecule has 0 spiro atoms. The van der Waals surface area contributed by atoms with Gasteiger partial charge >= 0.3 is 5.97 Å². The number of carbonyl (C=O) groups is 1. The lowest BCUT2D eigenvalue weighted by molar-refractivity contribution is -0.00616. The number of carboxylic acid groups (broad SMARTS) is 1. The fourth-order valence-electron chi connectivity index (χ4n) is 6.86. The van der Waals surface area contributed by atoms with Crippen LogP contribution in [-0.4, -0.2) is 18.2 Å². The van der Waals surface area contributed by atoms with E-state index in [0.29, 0.717) is 11.0 Å². The quantitative estimate of drug-likeness (QED) is 0.587. The smallest absolute Gasteiger partial charge is 0.335 e. The van der Waals surface area contributed by atoms with Crippen molar-refractivity contribution in [3.8, 4) is 5.75 Å². The van der Waals surface area contributed by atoms with Crippen LogP contribution in [0.25, 0.3) is 11.6 Å². The Morgan fingerprint density at radius 1 is 0.967 bits per heavy atom. The highest BCUT2D eigenvalue weighted by atomic mass is 16.5. The molecule has 4 fully saturated rings. The highest BCUT2D eigenvalue weighted by Crippen LogP contribution is 2.62. The van der Waals surface area contributed by atoms with Gasteiger partial charge in [0.05, 0.1) is 12.7 Å². The van der Waals surface area contributed by atoms with E-state index in [-0.39, 0.29) is 0 Å². The molecule has 156 valence electrons. The molecule has 6 rings (SSSR count). The van der Waals surface area contributed by atoms with Crippen molar-refractivity contribution in [3.05, 3.63) is 64.7 Å². The van der Waals surface area contributed by atoms with Crippen molar-refractivity contribution in [2.75, 3.05) is 7.11 Å². The van der Waals surface area contributed by atoms with Crippen LogP contribution < -0.4 is 4.74 Å². The van der Waals surface area contributed by atoms with Crippen molar-refractivity contribution in [2.24, 2.45) is 17.8 Å². The van der Waals surface area contributed by atoms with E-state index in [2.05, 4.69) is 31.2 Å². The molecule has 0 atom stereocenters. The van der Waals surface area contributed by atoms with Gasteiger partial charge in [0.25, 0.3) is 0 Å². The standard InChI is InChI=1S/C27H30O3/c1-17(9-18-3-5-22(6-4-18)26(28)29)23-7-8-25(30-2)24(13-23)27-14-19-10-20(15-27)12-21(11-19)16-27/h3-9,13,19-21H,10-12,14-16H2,1-2H3,(H,28,29). The normalized spacial score (nSPS) is 29.8. The van der Waals surface area contributed by atoms with E-state index in [4.69, 9.17) is 9.84 Å². The Balaban J connectivity index is 1.49. The maximum Gasteiger partial charge on any atom is 0.335 e. The van der Waals surface area contributed by atoms with Gasteiger partial charge in [0.2, 0.25) is 0 Å². The Labute approximate surface area is 178 Å². The molecule has 2 aromatic carbocycles. The van der Waals surface area contributed by atoms with Crippen molar-refractivity contribution in [3.63, 3.8) is 0 Å².